The zero-order valence-electron chi connectivity index (χ0n) is 12.8. The van der Waals surface area contributed by atoms with Gasteiger partial charge < -0.3 is 20.1 Å². The van der Waals surface area contributed by atoms with E-state index in [9.17, 15) is 9.90 Å². The van der Waals surface area contributed by atoms with Gasteiger partial charge in [0.2, 0.25) is 0 Å². The Bertz CT molecular complexity index is 664. The van der Waals surface area contributed by atoms with Crippen molar-refractivity contribution >= 4 is 27.6 Å². The van der Waals surface area contributed by atoms with Crippen LogP contribution in [0.3, 0.4) is 0 Å². The zero-order chi connectivity index (χ0) is 16.7. The first kappa shape index (κ1) is 17.3. The molecule has 0 fully saturated rings. The van der Waals surface area contributed by atoms with Crippen molar-refractivity contribution in [2.75, 3.05) is 25.6 Å². The summed E-state index contributed by atoms with van der Waals surface area (Å²) < 4.78 is 6.08. The molecule has 0 spiro atoms. The minimum absolute atomic E-state index is 0.101. The number of methoxy groups -OCH3 is 1. The number of amides is 2. The van der Waals surface area contributed by atoms with Crippen LogP contribution in [-0.2, 0) is 6.54 Å². The highest BCUT2D eigenvalue weighted by atomic mass is 79.9. The number of benzene rings is 2. The van der Waals surface area contributed by atoms with Crippen molar-refractivity contribution in [3.8, 4) is 5.75 Å². The zero-order valence-corrected chi connectivity index (χ0v) is 14.4. The molecule has 0 saturated carbocycles. The fourth-order valence-electron chi connectivity index (χ4n) is 2.13. The maximum absolute atomic E-state index is 12.4. The first-order valence-electron chi connectivity index (χ1n) is 7.17. The number of rotatable bonds is 6. The summed E-state index contributed by atoms with van der Waals surface area (Å²) in [6, 6.07) is 14.6. The van der Waals surface area contributed by atoms with E-state index in [0.717, 1.165) is 15.8 Å². The van der Waals surface area contributed by atoms with Gasteiger partial charge in [-0.1, -0.05) is 34.1 Å². The van der Waals surface area contributed by atoms with Crippen LogP contribution in [0, 0.1) is 0 Å². The number of carbonyl (C=O) groups is 1. The fraction of sp³-hybridized carbons (Fsp3) is 0.235. The van der Waals surface area contributed by atoms with E-state index in [1.54, 1.807) is 12.0 Å². The number of hydrogen-bond donors (Lipinski definition) is 2. The number of ether oxygens (including phenoxy) is 1. The van der Waals surface area contributed by atoms with Gasteiger partial charge in [0, 0.05) is 23.2 Å². The van der Waals surface area contributed by atoms with Crippen molar-refractivity contribution in [2.45, 2.75) is 6.54 Å². The minimum Gasteiger partial charge on any atom is -0.497 e. The summed E-state index contributed by atoms with van der Waals surface area (Å²) in [5, 5.41) is 12.1. The van der Waals surface area contributed by atoms with Gasteiger partial charge in [-0.05, 0) is 35.9 Å². The molecule has 0 saturated heterocycles. The largest absolute Gasteiger partial charge is 0.497 e. The molecule has 6 heteroatoms. The van der Waals surface area contributed by atoms with Crippen LogP contribution in [0.1, 0.15) is 5.56 Å². The van der Waals surface area contributed by atoms with E-state index in [1.165, 1.54) is 0 Å². The third-order valence-corrected chi connectivity index (χ3v) is 3.73. The van der Waals surface area contributed by atoms with E-state index in [2.05, 4.69) is 21.2 Å². The van der Waals surface area contributed by atoms with Crippen molar-refractivity contribution < 1.29 is 14.6 Å². The summed E-state index contributed by atoms with van der Waals surface area (Å²) in [5.74, 6) is 0.735. The van der Waals surface area contributed by atoms with Crippen LogP contribution in [0.4, 0.5) is 10.5 Å². The second kappa shape index (κ2) is 8.55. The third-order valence-electron chi connectivity index (χ3n) is 3.24. The Balaban J connectivity index is 2.08. The average molecular weight is 379 g/mol. The lowest BCUT2D eigenvalue weighted by molar-refractivity contribution is 0.185. The Morgan fingerprint density at radius 1 is 1.26 bits per heavy atom. The summed E-state index contributed by atoms with van der Waals surface area (Å²) in [7, 11) is 1.60. The van der Waals surface area contributed by atoms with Gasteiger partial charge in [0.1, 0.15) is 5.75 Å². The summed E-state index contributed by atoms with van der Waals surface area (Å²) in [6.45, 7) is 0.532. The standard InChI is InChI=1S/C17H19BrN2O3/c1-23-16-7-2-4-13(10-16)12-20(8-9-21)17(22)19-15-6-3-5-14(18)11-15/h2-7,10-11,21H,8-9,12H2,1H3,(H,19,22). The maximum Gasteiger partial charge on any atom is 0.322 e. The molecule has 0 aliphatic carbocycles. The van der Waals surface area contributed by atoms with Crippen LogP contribution in [-0.4, -0.2) is 36.3 Å². The first-order chi connectivity index (χ1) is 11.1. The minimum atomic E-state index is -0.264. The van der Waals surface area contributed by atoms with Crippen LogP contribution in [0.2, 0.25) is 0 Å². The number of nitrogens with zero attached hydrogens (tertiary/aromatic N) is 1. The van der Waals surface area contributed by atoms with Gasteiger partial charge in [0.05, 0.1) is 13.7 Å². The number of urea groups is 1. The molecular formula is C17H19BrN2O3. The Hall–Kier alpha value is -2.05. The number of halogens is 1. The highest BCUT2D eigenvalue weighted by Crippen LogP contribution is 2.18. The molecule has 5 nitrogen and oxygen atoms in total. The molecule has 2 aromatic rings. The number of anilines is 1. The van der Waals surface area contributed by atoms with E-state index in [0.29, 0.717) is 12.2 Å². The van der Waals surface area contributed by atoms with Crippen LogP contribution in [0.5, 0.6) is 5.75 Å². The molecule has 2 amide bonds. The van der Waals surface area contributed by atoms with Crippen LogP contribution in [0.25, 0.3) is 0 Å². The van der Waals surface area contributed by atoms with Gasteiger partial charge in [-0.2, -0.15) is 0 Å². The quantitative estimate of drug-likeness (QED) is 0.808. The van der Waals surface area contributed by atoms with E-state index < -0.39 is 0 Å². The number of carbonyl (C=O) groups excluding carboxylic acids is 1. The molecule has 2 aromatic carbocycles. The SMILES string of the molecule is COc1cccc(CN(CCO)C(=O)Nc2cccc(Br)c2)c1. The molecule has 0 aromatic heterocycles. The maximum atomic E-state index is 12.4. The molecule has 0 heterocycles. The predicted molar refractivity (Wildman–Crippen MR) is 93.7 cm³/mol. The van der Waals surface area contributed by atoms with Crippen molar-refractivity contribution in [3.63, 3.8) is 0 Å². The van der Waals surface area contributed by atoms with Crippen molar-refractivity contribution in [3.05, 3.63) is 58.6 Å². The van der Waals surface area contributed by atoms with E-state index >= 15 is 0 Å². The van der Waals surface area contributed by atoms with Crippen molar-refractivity contribution in [1.29, 1.82) is 0 Å². The Morgan fingerprint density at radius 3 is 2.74 bits per heavy atom. The van der Waals surface area contributed by atoms with Crippen LogP contribution in [0.15, 0.2) is 53.0 Å². The van der Waals surface area contributed by atoms with E-state index in [4.69, 9.17) is 4.74 Å². The number of aliphatic hydroxyl groups excluding tert-OH is 1. The molecule has 2 rings (SSSR count). The Labute approximate surface area is 144 Å². The van der Waals surface area contributed by atoms with Gasteiger partial charge in [-0.15, -0.1) is 0 Å². The highest BCUT2D eigenvalue weighted by molar-refractivity contribution is 9.10. The summed E-state index contributed by atoms with van der Waals surface area (Å²) in [5.41, 5.74) is 1.63. The Kier molecular flexibility index (Phi) is 6.43. The van der Waals surface area contributed by atoms with Gasteiger partial charge in [0.15, 0.2) is 0 Å². The van der Waals surface area contributed by atoms with Crippen molar-refractivity contribution in [2.24, 2.45) is 0 Å². The van der Waals surface area contributed by atoms with E-state index in [-0.39, 0.29) is 19.2 Å². The summed E-state index contributed by atoms with van der Waals surface area (Å²) >= 11 is 3.37. The third kappa shape index (κ3) is 5.26. The molecule has 0 aliphatic rings. The van der Waals surface area contributed by atoms with Crippen LogP contribution < -0.4 is 10.1 Å². The number of hydrogen-bond acceptors (Lipinski definition) is 3. The average Bonchev–Trinajstić information content (AvgIpc) is 2.54. The molecule has 0 unspecified atom stereocenters. The molecule has 122 valence electrons. The first-order valence-corrected chi connectivity index (χ1v) is 7.97. The molecule has 0 radical (unpaired) electrons. The van der Waals surface area contributed by atoms with Gasteiger partial charge in [-0.25, -0.2) is 4.79 Å². The predicted octanol–water partition coefficient (Wildman–Crippen LogP) is 3.48. The van der Waals surface area contributed by atoms with Gasteiger partial charge in [-0.3, -0.25) is 0 Å². The summed E-state index contributed by atoms with van der Waals surface area (Å²) in [6.07, 6.45) is 0. The lowest BCUT2D eigenvalue weighted by Gasteiger charge is -2.22. The second-order valence-corrected chi connectivity index (χ2v) is 5.85. The number of nitrogens with one attached hydrogen (secondary N) is 1. The second-order valence-electron chi connectivity index (χ2n) is 4.94. The van der Waals surface area contributed by atoms with Crippen molar-refractivity contribution in [1.82, 2.24) is 4.90 Å². The van der Waals surface area contributed by atoms with Gasteiger partial charge >= 0.3 is 6.03 Å². The van der Waals surface area contributed by atoms with Crippen LogP contribution >= 0.6 is 15.9 Å². The Morgan fingerprint density at radius 2 is 2.04 bits per heavy atom. The molecule has 0 atom stereocenters. The number of aliphatic hydroxyl groups is 1. The smallest absolute Gasteiger partial charge is 0.322 e. The lowest BCUT2D eigenvalue weighted by Crippen LogP contribution is -2.36. The monoisotopic (exact) mass is 378 g/mol. The lowest BCUT2D eigenvalue weighted by atomic mass is 10.2. The highest BCUT2D eigenvalue weighted by Gasteiger charge is 2.14. The fourth-order valence-corrected chi connectivity index (χ4v) is 2.53. The van der Waals surface area contributed by atoms with Gasteiger partial charge in [0.25, 0.3) is 0 Å². The molecule has 0 bridgehead atoms. The normalized spacial score (nSPS) is 10.2. The molecule has 2 N–H and O–H groups in total. The molecule has 23 heavy (non-hydrogen) atoms. The molecular weight excluding hydrogens is 360 g/mol. The molecule has 0 aliphatic heterocycles. The summed E-state index contributed by atoms with van der Waals surface area (Å²) in [4.78, 5) is 14.0. The topological polar surface area (TPSA) is 61.8 Å². The van der Waals surface area contributed by atoms with E-state index in [1.807, 2.05) is 48.5 Å².